The molecule has 1 unspecified atom stereocenters. The van der Waals surface area contributed by atoms with E-state index in [1.54, 1.807) is 19.5 Å². The fraction of sp³-hybridized carbons (Fsp3) is 0.538. The molecule has 0 spiro atoms. The van der Waals surface area contributed by atoms with Crippen LogP contribution in [0.25, 0.3) is 0 Å². The molecule has 2 aliphatic rings. The van der Waals surface area contributed by atoms with Crippen molar-refractivity contribution < 1.29 is 22.8 Å². The summed E-state index contributed by atoms with van der Waals surface area (Å²) in [5, 5.41) is 4.13. The SMILES string of the molecule is COCC(C)c1nc(N2CCC(COc3cnc(N4C[C@H](c5cc(F)ccc5F)[C@@H](N)C4)nc3)CC2)no1. The minimum atomic E-state index is -0.480. The molecule has 0 bridgehead atoms. The van der Waals surface area contributed by atoms with Crippen molar-refractivity contribution in [3.63, 3.8) is 0 Å². The van der Waals surface area contributed by atoms with Gasteiger partial charge in [-0.25, -0.2) is 18.7 Å². The zero-order valence-corrected chi connectivity index (χ0v) is 21.6. The number of nitrogens with zero attached hydrogens (tertiary/aromatic N) is 6. The van der Waals surface area contributed by atoms with Crippen molar-refractivity contribution in [1.29, 1.82) is 0 Å². The molecule has 12 heteroatoms. The maximum Gasteiger partial charge on any atom is 0.266 e. The molecule has 2 N–H and O–H groups in total. The Morgan fingerprint density at radius 1 is 1.11 bits per heavy atom. The summed E-state index contributed by atoms with van der Waals surface area (Å²) in [6, 6.07) is 3.11. The summed E-state index contributed by atoms with van der Waals surface area (Å²) in [5.41, 5.74) is 6.54. The zero-order chi connectivity index (χ0) is 26.6. The summed E-state index contributed by atoms with van der Waals surface area (Å²) in [6.45, 7) is 5.60. The first-order valence-electron chi connectivity index (χ1n) is 12.9. The zero-order valence-electron chi connectivity index (χ0n) is 21.6. The van der Waals surface area contributed by atoms with Gasteiger partial charge in [-0.1, -0.05) is 6.92 Å². The number of benzene rings is 1. The maximum atomic E-state index is 14.3. The first-order chi connectivity index (χ1) is 18.4. The number of methoxy groups -OCH3 is 1. The lowest BCUT2D eigenvalue weighted by atomic mass is 9.94. The second-order valence-electron chi connectivity index (χ2n) is 10.1. The van der Waals surface area contributed by atoms with Crippen LogP contribution in [0, 0.1) is 17.6 Å². The van der Waals surface area contributed by atoms with E-state index in [0.29, 0.717) is 55.8 Å². The van der Waals surface area contributed by atoms with Gasteiger partial charge >= 0.3 is 0 Å². The number of rotatable bonds is 9. The summed E-state index contributed by atoms with van der Waals surface area (Å²) in [6.07, 6.45) is 5.17. The summed E-state index contributed by atoms with van der Waals surface area (Å²) in [4.78, 5) is 17.4. The van der Waals surface area contributed by atoms with E-state index in [1.165, 1.54) is 6.07 Å². The molecular formula is C26H33F2N7O3. The molecule has 1 aromatic carbocycles. The Kier molecular flexibility index (Phi) is 7.98. The molecule has 2 aromatic heterocycles. The molecule has 5 rings (SSSR count). The second kappa shape index (κ2) is 11.6. The van der Waals surface area contributed by atoms with Crippen LogP contribution < -0.4 is 20.3 Å². The molecule has 2 fully saturated rings. The molecule has 0 aliphatic carbocycles. The van der Waals surface area contributed by atoms with Crippen LogP contribution in [0.4, 0.5) is 20.7 Å². The minimum Gasteiger partial charge on any atom is -0.490 e. The second-order valence-corrected chi connectivity index (χ2v) is 10.1. The topological polar surface area (TPSA) is 116 Å². The molecule has 2 aliphatic heterocycles. The van der Waals surface area contributed by atoms with Crippen molar-refractivity contribution in [2.45, 2.75) is 37.6 Å². The third kappa shape index (κ3) is 5.86. The van der Waals surface area contributed by atoms with Gasteiger partial charge in [0.1, 0.15) is 11.6 Å². The summed E-state index contributed by atoms with van der Waals surface area (Å²) >= 11 is 0. The highest BCUT2D eigenvalue weighted by Crippen LogP contribution is 2.31. The predicted octanol–water partition coefficient (Wildman–Crippen LogP) is 3.11. The van der Waals surface area contributed by atoms with Gasteiger partial charge in [0.25, 0.3) is 5.95 Å². The highest BCUT2D eigenvalue weighted by atomic mass is 19.1. The van der Waals surface area contributed by atoms with Crippen LogP contribution in [0.2, 0.25) is 0 Å². The monoisotopic (exact) mass is 529 g/mol. The Morgan fingerprint density at radius 2 is 1.87 bits per heavy atom. The van der Waals surface area contributed by atoms with Crippen molar-refractivity contribution >= 4 is 11.9 Å². The van der Waals surface area contributed by atoms with Gasteiger partial charge < -0.3 is 29.5 Å². The van der Waals surface area contributed by atoms with Crippen molar-refractivity contribution in [3.05, 3.63) is 53.7 Å². The fourth-order valence-electron chi connectivity index (χ4n) is 5.06. The van der Waals surface area contributed by atoms with Gasteiger partial charge in [0.15, 0.2) is 5.75 Å². The third-order valence-corrected chi connectivity index (χ3v) is 7.27. The number of nitrogens with two attached hydrogens (primary N) is 1. The number of aromatic nitrogens is 4. The highest BCUT2D eigenvalue weighted by Gasteiger charge is 2.34. The Morgan fingerprint density at radius 3 is 2.61 bits per heavy atom. The molecule has 2 saturated heterocycles. The molecule has 204 valence electrons. The Bertz CT molecular complexity index is 1200. The van der Waals surface area contributed by atoms with Gasteiger partial charge in [0.05, 0.1) is 31.5 Å². The van der Waals surface area contributed by atoms with Gasteiger partial charge in [0.2, 0.25) is 11.8 Å². The molecule has 3 aromatic rings. The van der Waals surface area contributed by atoms with E-state index in [4.69, 9.17) is 19.7 Å². The molecule has 0 radical (unpaired) electrons. The van der Waals surface area contributed by atoms with E-state index in [9.17, 15) is 8.78 Å². The van der Waals surface area contributed by atoms with E-state index in [-0.39, 0.29) is 23.4 Å². The minimum absolute atomic E-state index is 0.0564. The van der Waals surface area contributed by atoms with E-state index in [0.717, 1.165) is 38.1 Å². The van der Waals surface area contributed by atoms with Crippen LogP contribution in [0.15, 0.2) is 35.1 Å². The van der Waals surface area contributed by atoms with Crippen LogP contribution >= 0.6 is 0 Å². The number of halogens is 2. The fourth-order valence-corrected chi connectivity index (χ4v) is 5.06. The Labute approximate surface area is 220 Å². The molecule has 3 atom stereocenters. The molecule has 0 amide bonds. The molecular weight excluding hydrogens is 496 g/mol. The predicted molar refractivity (Wildman–Crippen MR) is 136 cm³/mol. The summed E-state index contributed by atoms with van der Waals surface area (Å²) in [5.74, 6) is 1.45. The van der Waals surface area contributed by atoms with Crippen LogP contribution in [-0.2, 0) is 4.74 Å². The van der Waals surface area contributed by atoms with Crippen molar-refractivity contribution in [1.82, 2.24) is 20.1 Å². The van der Waals surface area contributed by atoms with Crippen molar-refractivity contribution in [2.75, 3.05) is 56.3 Å². The normalized spacial score (nSPS) is 21.2. The quantitative estimate of drug-likeness (QED) is 0.443. The molecule has 4 heterocycles. The van der Waals surface area contributed by atoms with E-state index >= 15 is 0 Å². The van der Waals surface area contributed by atoms with E-state index in [1.807, 2.05) is 11.8 Å². The third-order valence-electron chi connectivity index (χ3n) is 7.27. The van der Waals surface area contributed by atoms with Crippen LogP contribution in [-0.4, -0.2) is 72.7 Å². The van der Waals surface area contributed by atoms with Gasteiger partial charge in [-0.2, -0.15) is 4.98 Å². The van der Waals surface area contributed by atoms with Gasteiger partial charge in [-0.05, 0) is 47.7 Å². The Balaban J connectivity index is 1.10. The van der Waals surface area contributed by atoms with Crippen LogP contribution in [0.1, 0.15) is 43.1 Å². The molecule has 38 heavy (non-hydrogen) atoms. The highest BCUT2D eigenvalue weighted by molar-refractivity contribution is 5.39. The van der Waals surface area contributed by atoms with Gasteiger partial charge in [-0.3, -0.25) is 0 Å². The van der Waals surface area contributed by atoms with Crippen molar-refractivity contribution in [3.8, 4) is 5.75 Å². The molecule has 10 nitrogen and oxygen atoms in total. The number of hydrogen-bond donors (Lipinski definition) is 1. The summed E-state index contributed by atoms with van der Waals surface area (Å²) < 4.78 is 44.5. The number of ether oxygens (including phenoxy) is 2. The average molecular weight is 530 g/mol. The number of piperidine rings is 1. The van der Waals surface area contributed by atoms with Crippen LogP contribution in [0.3, 0.4) is 0 Å². The standard InChI is InChI=1S/C26H33F2N7O3/c1-16(14-36-2)24-32-26(33-38-24)34-7-5-17(6-8-34)15-37-19-10-30-25(31-11-19)35-12-21(23(29)13-35)20-9-18(27)3-4-22(20)28/h3-4,9-11,16-17,21,23H,5-8,12-15,29H2,1-2H3/t16?,21-,23+/m1/s1. The molecule has 0 saturated carbocycles. The smallest absolute Gasteiger partial charge is 0.266 e. The average Bonchev–Trinajstić information content (AvgIpc) is 3.57. The summed E-state index contributed by atoms with van der Waals surface area (Å²) in [7, 11) is 1.65. The first kappa shape index (κ1) is 26.2. The first-order valence-corrected chi connectivity index (χ1v) is 12.9. The number of hydrogen-bond acceptors (Lipinski definition) is 10. The lowest BCUT2D eigenvalue weighted by Crippen LogP contribution is -2.36. The lowest BCUT2D eigenvalue weighted by Gasteiger charge is -2.30. The van der Waals surface area contributed by atoms with Gasteiger partial charge in [0, 0.05) is 45.2 Å². The lowest BCUT2D eigenvalue weighted by molar-refractivity contribution is 0.170. The van der Waals surface area contributed by atoms with Crippen LogP contribution in [0.5, 0.6) is 5.75 Å². The van der Waals surface area contributed by atoms with E-state index < -0.39 is 11.6 Å². The van der Waals surface area contributed by atoms with E-state index in [2.05, 4.69) is 25.0 Å². The maximum absolute atomic E-state index is 14.3. The Hall–Kier alpha value is -3.38. The van der Waals surface area contributed by atoms with Crippen molar-refractivity contribution in [2.24, 2.45) is 11.7 Å². The largest absolute Gasteiger partial charge is 0.490 e. The van der Waals surface area contributed by atoms with Gasteiger partial charge in [-0.15, -0.1) is 0 Å². The number of anilines is 2.